The molecule has 106 valence electrons. The van der Waals surface area contributed by atoms with E-state index in [2.05, 4.69) is 16.4 Å². The Kier molecular flexibility index (Phi) is 3.67. The second-order valence-electron chi connectivity index (χ2n) is 4.93. The average molecular weight is 299 g/mol. The number of hydrogen-bond acceptors (Lipinski definition) is 3. The van der Waals surface area contributed by atoms with Crippen molar-refractivity contribution in [3.8, 4) is 5.75 Å². The van der Waals surface area contributed by atoms with Gasteiger partial charge in [0.25, 0.3) is 0 Å². The lowest BCUT2D eigenvalue weighted by Crippen LogP contribution is -2.01. The van der Waals surface area contributed by atoms with Crippen LogP contribution in [0.3, 0.4) is 0 Å². The summed E-state index contributed by atoms with van der Waals surface area (Å²) in [5.41, 5.74) is 3.60. The zero-order valence-corrected chi connectivity index (χ0v) is 12.4. The highest BCUT2D eigenvalue weighted by molar-refractivity contribution is 6.32. The molecule has 0 spiro atoms. The summed E-state index contributed by atoms with van der Waals surface area (Å²) in [4.78, 5) is 4.58. The zero-order chi connectivity index (χ0) is 14.8. The van der Waals surface area contributed by atoms with Crippen LogP contribution in [0.5, 0.6) is 5.75 Å². The minimum atomic E-state index is 0.121. The Morgan fingerprint density at radius 1 is 1.10 bits per heavy atom. The molecular weight excluding hydrogens is 284 g/mol. The van der Waals surface area contributed by atoms with E-state index in [4.69, 9.17) is 11.6 Å². The second-order valence-corrected chi connectivity index (χ2v) is 5.34. The number of para-hydroxylation sites is 2. The van der Waals surface area contributed by atoms with Gasteiger partial charge < -0.3 is 10.4 Å². The van der Waals surface area contributed by atoms with Crippen LogP contribution in [0.15, 0.2) is 48.5 Å². The van der Waals surface area contributed by atoms with Gasteiger partial charge in [-0.15, -0.1) is 0 Å². The Bertz CT molecular complexity index is 802. The molecule has 2 aromatic carbocycles. The maximum Gasteiger partial charge on any atom is 0.139 e. The number of aromatic hydroxyl groups is 1. The first-order chi connectivity index (χ1) is 10.1. The molecule has 3 aromatic rings. The molecule has 0 aliphatic carbocycles. The summed E-state index contributed by atoms with van der Waals surface area (Å²) in [7, 11) is 0. The lowest BCUT2D eigenvalue weighted by molar-refractivity contribution is 0.469. The van der Waals surface area contributed by atoms with Gasteiger partial charge >= 0.3 is 0 Å². The van der Waals surface area contributed by atoms with E-state index in [1.54, 1.807) is 6.07 Å². The number of nitrogens with one attached hydrogen (secondary N) is 1. The number of aromatic nitrogens is 1. The highest BCUT2D eigenvalue weighted by atomic mass is 35.5. The summed E-state index contributed by atoms with van der Waals surface area (Å²) in [5, 5.41) is 14.7. The van der Waals surface area contributed by atoms with Crippen molar-refractivity contribution in [3.05, 3.63) is 64.8 Å². The van der Waals surface area contributed by atoms with Crippen LogP contribution in [0.1, 0.15) is 11.3 Å². The summed E-state index contributed by atoms with van der Waals surface area (Å²) in [6, 6.07) is 15.4. The number of aryl methyl sites for hydroxylation is 1. The molecule has 21 heavy (non-hydrogen) atoms. The first-order valence-electron chi connectivity index (χ1n) is 6.72. The molecule has 0 amide bonds. The lowest BCUT2D eigenvalue weighted by Gasteiger charge is -2.11. The quantitative estimate of drug-likeness (QED) is 0.747. The zero-order valence-electron chi connectivity index (χ0n) is 11.6. The minimum Gasteiger partial charge on any atom is -0.506 e. The van der Waals surface area contributed by atoms with Crippen LogP contribution in [0, 0.1) is 6.92 Å². The fraction of sp³-hybridized carbons (Fsp3) is 0.118. The highest BCUT2D eigenvalue weighted by Crippen LogP contribution is 2.28. The van der Waals surface area contributed by atoms with Crippen LogP contribution in [0.25, 0.3) is 10.9 Å². The molecule has 3 rings (SSSR count). The fourth-order valence-electron chi connectivity index (χ4n) is 2.28. The molecule has 0 bridgehead atoms. The third kappa shape index (κ3) is 2.78. The molecule has 0 radical (unpaired) electrons. The number of fused-ring (bicyclic) bond motifs is 1. The summed E-state index contributed by atoms with van der Waals surface area (Å²) >= 11 is 5.92. The molecule has 0 unspecified atom stereocenters. The number of benzene rings is 2. The number of pyridine rings is 1. The second kappa shape index (κ2) is 5.62. The van der Waals surface area contributed by atoms with Gasteiger partial charge in [-0.05, 0) is 25.1 Å². The molecule has 0 saturated heterocycles. The van der Waals surface area contributed by atoms with Crippen molar-refractivity contribution in [2.45, 2.75) is 13.5 Å². The number of nitrogens with zero attached hydrogens (tertiary/aromatic N) is 1. The van der Waals surface area contributed by atoms with E-state index >= 15 is 0 Å². The van der Waals surface area contributed by atoms with E-state index < -0.39 is 0 Å². The monoisotopic (exact) mass is 298 g/mol. The predicted octanol–water partition coefficient (Wildman–Crippen LogP) is 4.51. The van der Waals surface area contributed by atoms with Crippen LogP contribution >= 0.6 is 11.6 Å². The Balaban J connectivity index is 1.92. The van der Waals surface area contributed by atoms with E-state index in [-0.39, 0.29) is 5.75 Å². The van der Waals surface area contributed by atoms with Gasteiger partial charge in [-0.2, -0.15) is 0 Å². The summed E-state index contributed by atoms with van der Waals surface area (Å²) < 4.78 is 0. The molecule has 4 heteroatoms. The first kappa shape index (κ1) is 13.7. The topological polar surface area (TPSA) is 45.1 Å². The fourth-order valence-corrected chi connectivity index (χ4v) is 2.47. The Morgan fingerprint density at radius 3 is 2.76 bits per heavy atom. The normalized spacial score (nSPS) is 10.8. The predicted molar refractivity (Wildman–Crippen MR) is 86.9 cm³/mol. The molecular formula is C17H15ClN2O. The van der Waals surface area contributed by atoms with Gasteiger partial charge in [0.1, 0.15) is 5.75 Å². The molecule has 0 atom stereocenters. The van der Waals surface area contributed by atoms with Crippen molar-refractivity contribution in [2.75, 3.05) is 5.32 Å². The van der Waals surface area contributed by atoms with Crippen molar-refractivity contribution in [3.63, 3.8) is 0 Å². The SMILES string of the molecule is Cc1ccc2cccc(NCc3cccc(Cl)c3O)c2n1. The molecule has 3 nitrogen and oxygen atoms in total. The van der Waals surface area contributed by atoms with E-state index in [0.717, 1.165) is 27.8 Å². The Hall–Kier alpha value is -2.26. The van der Waals surface area contributed by atoms with Gasteiger partial charge in [-0.25, -0.2) is 0 Å². The van der Waals surface area contributed by atoms with Gasteiger partial charge in [0.2, 0.25) is 0 Å². The molecule has 0 aliphatic heterocycles. The van der Waals surface area contributed by atoms with E-state index in [1.807, 2.05) is 43.3 Å². The minimum absolute atomic E-state index is 0.121. The van der Waals surface area contributed by atoms with Crippen LogP contribution in [-0.2, 0) is 6.54 Å². The molecule has 1 aromatic heterocycles. The number of rotatable bonds is 3. The van der Waals surface area contributed by atoms with Gasteiger partial charge in [-0.3, -0.25) is 4.98 Å². The number of halogens is 1. The Morgan fingerprint density at radius 2 is 1.90 bits per heavy atom. The molecule has 1 heterocycles. The number of phenolic OH excluding ortho intramolecular Hbond substituents is 1. The standard InChI is InChI=1S/C17H15ClN2O/c1-11-8-9-12-4-3-7-15(16(12)20-11)19-10-13-5-2-6-14(18)17(13)21/h2-9,19,21H,10H2,1H3. The van der Waals surface area contributed by atoms with Crippen LogP contribution < -0.4 is 5.32 Å². The first-order valence-corrected chi connectivity index (χ1v) is 7.09. The summed E-state index contributed by atoms with van der Waals surface area (Å²) in [6.07, 6.45) is 0. The van der Waals surface area contributed by atoms with Crippen molar-refractivity contribution < 1.29 is 5.11 Å². The van der Waals surface area contributed by atoms with Crippen molar-refractivity contribution in [1.29, 1.82) is 0 Å². The average Bonchev–Trinajstić information content (AvgIpc) is 2.49. The number of anilines is 1. The third-order valence-corrected chi connectivity index (χ3v) is 3.70. The summed E-state index contributed by atoms with van der Waals surface area (Å²) in [6.45, 7) is 2.46. The van der Waals surface area contributed by atoms with Crippen LogP contribution in [0.4, 0.5) is 5.69 Å². The van der Waals surface area contributed by atoms with Gasteiger partial charge in [0.05, 0.1) is 16.2 Å². The van der Waals surface area contributed by atoms with Crippen molar-refractivity contribution in [2.24, 2.45) is 0 Å². The maximum absolute atomic E-state index is 9.95. The lowest BCUT2D eigenvalue weighted by atomic mass is 10.1. The number of phenols is 1. The smallest absolute Gasteiger partial charge is 0.139 e. The van der Waals surface area contributed by atoms with E-state index in [0.29, 0.717) is 11.6 Å². The molecule has 0 aliphatic rings. The van der Waals surface area contributed by atoms with Gasteiger partial charge in [0, 0.05) is 23.2 Å². The van der Waals surface area contributed by atoms with Crippen LogP contribution in [-0.4, -0.2) is 10.1 Å². The maximum atomic E-state index is 9.95. The third-order valence-electron chi connectivity index (χ3n) is 3.40. The van der Waals surface area contributed by atoms with E-state index in [9.17, 15) is 5.11 Å². The molecule has 0 fully saturated rings. The van der Waals surface area contributed by atoms with Crippen molar-refractivity contribution in [1.82, 2.24) is 4.98 Å². The largest absolute Gasteiger partial charge is 0.506 e. The van der Waals surface area contributed by atoms with Crippen LogP contribution in [0.2, 0.25) is 5.02 Å². The Labute approximate surface area is 128 Å². The summed E-state index contributed by atoms with van der Waals surface area (Å²) in [5.74, 6) is 0.121. The van der Waals surface area contributed by atoms with E-state index in [1.165, 1.54) is 0 Å². The highest BCUT2D eigenvalue weighted by Gasteiger charge is 2.07. The van der Waals surface area contributed by atoms with Gasteiger partial charge in [0.15, 0.2) is 0 Å². The van der Waals surface area contributed by atoms with Gasteiger partial charge in [-0.1, -0.05) is 41.9 Å². The van der Waals surface area contributed by atoms with Crippen molar-refractivity contribution >= 4 is 28.2 Å². The molecule has 0 saturated carbocycles. The molecule has 2 N–H and O–H groups in total. The number of hydrogen-bond donors (Lipinski definition) is 2.